The number of benzene rings is 1. The molecule has 2 aliphatic heterocycles. The van der Waals surface area contributed by atoms with Crippen LogP contribution in [-0.4, -0.2) is 99.7 Å². The number of H-pyrrole nitrogens is 1. The second-order valence-corrected chi connectivity index (χ2v) is 11.8. The molecule has 9 nitrogen and oxygen atoms in total. The standard InChI is InChI=1S/C25H37ClN6O3/c1-24(2,3)31-13-14-32(23(34)35-25(4,5)6)20(16-31)21(33)29-9-11-30(12-10-29)22-27-18-8-7-17(26)15-19(18)28-22/h7-8,15,20H,9-14,16H2,1-6H3,(H,27,28). The van der Waals surface area contributed by atoms with Gasteiger partial charge in [-0.15, -0.1) is 0 Å². The molecule has 2 aliphatic rings. The van der Waals surface area contributed by atoms with Gasteiger partial charge >= 0.3 is 6.09 Å². The van der Waals surface area contributed by atoms with Crippen molar-refractivity contribution < 1.29 is 14.3 Å². The molecule has 0 saturated carbocycles. The number of aromatic amines is 1. The van der Waals surface area contributed by atoms with Crippen molar-refractivity contribution in [2.45, 2.75) is 58.7 Å². The Kier molecular flexibility index (Phi) is 6.94. The maximum absolute atomic E-state index is 13.7. The van der Waals surface area contributed by atoms with Crippen molar-refractivity contribution >= 4 is 40.6 Å². The molecular formula is C25H37ClN6O3. The van der Waals surface area contributed by atoms with Crippen LogP contribution in [0.3, 0.4) is 0 Å². The van der Waals surface area contributed by atoms with E-state index in [4.69, 9.17) is 16.3 Å². The first-order chi connectivity index (χ1) is 16.3. The Morgan fingerprint density at radius 2 is 1.71 bits per heavy atom. The van der Waals surface area contributed by atoms with Gasteiger partial charge in [-0.25, -0.2) is 9.78 Å². The first-order valence-corrected chi connectivity index (χ1v) is 12.6. The predicted molar refractivity (Wildman–Crippen MR) is 138 cm³/mol. The molecule has 192 valence electrons. The van der Waals surface area contributed by atoms with Crippen LogP contribution in [0.25, 0.3) is 11.0 Å². The zero-order valence-electron chi connectivity index (χ0n) is 21.6. The Hall–Kier alpha value is -2.52. The van der Waals surface area contributed by atoms with Crippen LogP contribution >= 0.6 is 11.6 Å². The lowest BCUT2D eigenvalue weighted by atomic mass is 10.0. The zero-order chi connectivity index (χ0) is 25.5. The summed E-state index contributed by atoms with van der Waals surface area (Å²) in [6.45, 7) is 16.0. The molecular weight excluding hydrogens is 468 g/mol. The van der Waals surface area contributed by atoms with Gasteiger partial charge in [-0.2, -0.15) is 0 Å². The lowest BCUT2D eigenvalue weighted by Gasteiger charge is -2.47. The van der Waals surface area contributed by atoms with Crippen LogP contribution in [0.1, 0.15) is 41.5 Å². The van der Waals surface area contributed by atoms with Crippen molar-refractivity contribution in [2.24, 2.45) is 0 Å². The van der Waals surface area contributed by atoms with Crippen molar-refractivity contribution in [1.82, 2.24) is 24.7 Å². The molecule has 2 fully saturated rings. The first kappa shape index (κ1) is 25.6. The molecule has 1 N–H and O–H groups in total. The molecule has 0 aliphatic carbocycles. The number of hydrogen-bond donors (Lipinski definition) is 1. The van der Waals surface area contributed by atoms with Crippen molar-refractivity contribution in [3.05, 3.63) is 23.2 Å². The highest BCUT2D eigenvalue weighted by Crippen LogP contribution is 2.25. The third-order valence-electron chi connectivity index (χ3n) is 6.57. The van der Waals surface area contributed by atoms with E-state index in [2.05, 4.69) is 40.5 Å². The van der Waals surface area contributed by atoms with Crippen molar-refractivity contribution in [1.29, 1.82) is 0 Å². The van der Waals surface area contributed by atoms with E-state index >= 15 is 0 Å². The Bertz CT molecular complexity index is 1080. The predicted octanol–water partition coefficient (Wildman–Crippen LogP) is 3.58. The van der Waals surface area contributed by atoms with E-state index in [1.807, 2.05) is 43.9 Å². The summed E-state index contributed by atoms with van der Waals surface area (Å²) in [5, 5.41) is 0.650. The van der Waals surface area contributed by atoms with Gasteiger partial charge in [0.25, 0.3) is 0 Å². The fourth-order valence-corrected chi connectivity index (χ4v) is 4.77. The SMILES string of the molecule is CC(C)(C)OC(=O)N1CCN(C(C)(C)C)CC1C(=O)N1CCN(c2nc3cc(Cl)ccc3[nH]2)CC1. The summed E-state index contributed by atoms with van der Waals surface area (Å²) in [5.41, 5.74) is 1.04. The van der Waals surface area contributed by atoms with Crippen molar-refractivity contribution in [3.8, 4) is 0 Å². The average molecular weight is 505 g/mol. The van der Waals surface area contributed by atoms with Crippen LogP contribution in [0.15, 0.2) is 18.2 Å². The normalized spacial score (nSPS) is 20.4. The third kappa shape index (κ3) is 5.83. The fraction of sp³-hybridized carbons (Fsp3) is 0.640. The van der Waals surface area contributed by atoms with E-state index in [0.717, 1.165) is 17.0 Å². The number of halogens is 1. The minimum absolute atomic E-state index is 0.0270. The molecule has 2 saturated heterocycles. The summed E-state index contributed by atoms with van der Waals surface area (Å²) >= 11 is 6.10. The van der Waals surface area contributed by atoms with Gasteiger partial charge in [-0.1, -0.05) is 11.6 Å². The van der Waals surface area contributed by atoms with E-state index in [-0.39, 0.29) is 11.4 Å². The van der Waals surface area contributed by atoms with Gasteiger partial charge in [-0.3, -0.25) is 14.6 Å². The smallest absolute Gasteiger partial charge is 0.411 e. The number of imidazole rings is 1. The number of amides is 2. The lowest BCUT2D eigenvalue weighted by Crippen LogP contribution is -2.65. The Labute approximate surface area is 212 Å². The Morgan fingerprint density at radius 3 is 2.34 bits per heavy atom. The number of aromatic nitrogens is 2. The van der Waals surface area contributed by atoms with Gasteiger partial charge in [0.1, 0.15) is 11.6 Å². The van der Waals surface area contributed by atoms with E-state index in [1.54, 1.807) is 4.90 Å². The number of carbonyl (C=O) groups is 2. The van der Waals surface area contributed by atoms with E-state index in [9.17, 15) is 9.59 Å². The second-order valence-electron chi connectivity index (χ2n) is 11.3. The van der Waals surface area contributed by atoms with Crippen LogP contribution in [0.4, 0.5) is 10.7 Å². The number of hydrogen-bond acceptors (Lipinski definition) is 6. The summed E-state index contributed by atoms with van der Waals surface area (Å²) < 4.78 is 5.65. The van der Waals surface area contributed by atoms with Gasteiger partial charge in [-0.05, 0) is 59.7 Å². The molecule has 2 amide bonds. The van der Waals surface area contributed by atoms with E-state index in [0.29, 0.717) is 50.8 Å². The number of carbonyl (C=O) groups excluding carboxylic acids is 2. The van der Waals surface area contributed by atoms with Gasteiger partial charge in [0.15, 0.2) is 0 Å². The summed E-state index contributed by atoms with van der Waals surface area (Å²) in [4.78, 5) is 42.6. The molecule has 0 bridgehead atoms. The number of rotatable bonds is 2. The largest absolute Gasteiger partial charge is 0.444 e. The summed E-state index contributed by atoms with van der Waals surface area (Å²) in [6, 6.07) is 5.02. The number of nitrogens with one attached hydrogen (secondary N) is 1. The number of nitrogens with zero attached hydrogens (tertiary/aromatic N) is 5. The van der Waals surface area contributed by atoms with E-state index < -0.39 is 17.7 Å². The highest BCUT2D eigenvalue weighted by molar-refractivity contribution is 6.31. The first-order valence-electron chi connectivity index (χ1n) is 12.3. The van der Waals surface area contributed by atoms with E-state index in [1.165, 1.54) is 0 Å². The zero-order valence-corrected chi connectivity index (χ0v) is 22.4. The van der Waals surface area contributed by atoms with Gasteiger partial charge in [0.05, 0.1) is 11.0 Å². The number of fused-ring (bicyclic) bond motifs is 1. The molecule has 3 heterocycles. The minimum atomic E-state index is -0.617. The van der Waals surface area contributed by atoms with Crippen LogP contribution in [0.2, 0.25) is 5.02 Å². The number of ether oxygens (including phenoxy) is 1. The molecule has 1 unspecified atom stereocenters. The maximum Gasteiger partial charge on any atom is 0.411 e. The molecule has 2 aromatic rings. The van der Waals surface area contributed by atoms with Gasteiger partial charge in [0, 0.05) is 56.4 Å². The highest BCUT2D eigenvalue weighted by Gasteiger charge is 2.42. The molecule has 35 heavy (non-hydrogen) atoms. The lowest BCUT2D eigenvalue weighted by molar-refractivity contribution is -0.140. The molecule has 0 spiro atoms. The van der Waals surface area contributed by atoms with Crippen LogP contribution < -0.4 is 4.90 Å². The van der Waals surface area contributed by atoms with Crippen molar-refractivity contribution in [3.63, 3.8) is 0 Å². The second kappa shape index (κ2) is 9.50. The monoisotopic (exact) mass is 504 g/mol. The Balaban J connectivity index is 1.46. The fourth-order valence-electron chi connectivity index (χ4n) is 4.61. The summed E-state index contributed by atoms with van der Waals surface area (Å²) in [6.07, 6.45) is -0.427. The van der Waals surface area contributed by atoms with Crippen LogP contribution in [0, 0.1) is 0 Å². The minimum Gasteiger partial charge on any atom is -0.444 e. The van der Waals surface area contributed by atoms with Crippen molar-refractivity contribution in [2.75, 3.05) is 50.7 Å². The van der Waals surface area contributed by atoms with Crippen LogP contribution in [0.5, 0.6) is 0 Å². The maximum atomic E-state index is 13.7. The molecule has 1 aromatic heterocycles. The number of piperazine rings is 2. The van der Waals surface area contributed by atoms with Gasteiger partial charge in [0.2, 0.25) is 11.9 Å². The topological polar surface area (TPSA) is 85.0 Å². The number of anilines is 1. The molecule has 10 heteroatoms. The highest BCUT2D eigenvalue weighted by atomic mass is 35.5. The molecule has 0 radical (unpaired) electrons. The van der Waals surface area contributed by atoms with Crippen LogP contribution in [-0.2, 0) is 9.53 Å². The molecule has 4 rings (SSSR count). The third-order valence-corrected chi connectivity index (χ3v) is 6.80. The Morgan fingerprint density at radius 1 is 1.03 bits per heavy atom. The quantitative estimate of drug-likeness (QED) is 0.672. The summed E-state index contributed by atoms with van der Waals surface area (Å²) in [5.74, 6) is 0.752. The average Bonchev–Trinajstić information content (AvgIpc) is 3.19. The molecule has 1 aromatic carbocycles. The van der Waals surface area contributed by atoms with Gasteiger partial charge < -0.3 is 19.5 Å². The molecule has 1 atom stereocenters. The summed E-state index contributed by atoms with van der Waals surface area (Å²) in [7, 11) is 0.